The van der Waals surface area contributed by atoms with E-state index in [2.05, 4.69) is 13.8 Å². The number of hydrogen-bond acceptors (Lipinski definition) is 1. The van der Waals surface area contributed by atoms with Crippen molar-refractivity contribution < 1.29 is 22.3 Å². The molecule has 252 valence electrons. The van der Waals surface area contributed by atoms with Gasteiger partial charge in [-0.05, 0) is 99.3 Å². The van der Waals surface area contributed by atoms with Crippen molar-refractivity contribution in [3.05, 3.63) is 48.1 Å². The molecule has 6 aliphatic rings. The summed E-state index contributed by atoms with van der Waals surface area (Å²) in [7, 11) is 0. The van der Waals surface area contributed by atoms with Crippen LogP contribution >= 0.6 is 0 Å². The fourth-order valence-corrected chi connectivity index (χ4v) is 10.8. The highest BCUT2D eigenvalue weighted by Gasteiger charge is 2.57. The molecule has 0 aromatic heterocycles. The fraction of sp³-hybridized carbons (Fsp3) is 0.800. The maximum Gasteiger partial charge on any atom is 0.155 e. The van der Waals surface area contributed by atoms with E-state index in [4.69, 9.17) is 4.74 Å². The molecule has 4 atom stereocenters. The van der Waals surface area contributed by atoms with Gasteiger partial charge in [0.25, 0.3) is 0 Å². The molecule has 0 heterocycles. The second kappa shape index (κ2) is 13.6. The van der Waals surface area contributed by atoms with Crippen molar-refractivity contribution in [3.8, 4) is 0 Å². The number of alkyl halides is 2. The van der Waals surface area contributed by atoms with Gasteiger partial charge in [-0.2, -0.15) is 0 Å². The van der Waals surface area contributed by atoms with Crippen LogP contribution in [-0.2, 0) is 4.74 Å². The molecular formula is C40H58F4O. The zero-order chi connectivity index (χ0) is 31.7. The highest BCUT2D eigenvalue weighted by Crippen LogP contribution is 2.60. The van der Waals surface area contributed by atoms with Crippen LogP contribution in [-0.4, -0.2) is 24.6 Å². The van der Waals surface area contributed by atoms with Crippen LogP contribution in [0.5, 0.6) is 0 Å². The SMILES string of the molecule is C[C@H]1CC[C@H](C2([C@@]3(F)C=C[C@@H](COC[C@@H]4C=C[C@](F)(C5([C@H]6CC[C@H](C)CC6)CCCCC5)C=C4F)C(F)=C3)CCCCC2)CC1. The first kappa shape index (κ1) is 33.5. The molecule has 1 nitrogen and oxygen atoms in total. The first-order valence-corrected chi connectivity index (χ1v) is 18.7. The van der Waals surface area contributed by atoms with Crippen LogP contribution in [0, 0.1) is 46.3 Å². The van der Waals surface area contributed by atoms with E-state index in [1.165, 1.54) is 12.2 Å². The minimum absolute atomic E-state index is 0.0193. The lowest BCUT2D eigenvalue weighted by Crippen LogP contribution is -2.51. The Morgan fingerprint density at radius 3 is 1.27 bits per heavy atom. The summed E-state index contributed by atoms with van der Waals surface area (Å²) >= 11 is 0. The van der Waals surface area contributed by atoms with E-state index in [0.717, 1.165) is 116 Å². The second-order valence-corrected chi connectivity index (χ2v) is 16.4. The molecule has 0 aromatic carbocycles. The van der Waals surface area contributed by atoms with Crippen LogP contribution in [0.25, 0.3) is 0 Å². The van der Waals surface area contributed by atoms with Gasteiger partial charge in [0.05, 0.1) is 25.0 Å². The summed E-state index contributed by atoms with van der Waals surface area (Å²) < 4.78 is 71.0. The Labute approximate surface area is 270 Å². The minimum atomic E-state index is -1.78. The van der Waals surface area contributed by atoms with E-state index in [1.54, 1.807) is 24.3 Å². The third-order valence-corrected chi connectivity index (χ3v) is 13.8. The number of ether oxygens (including phenoxy) is 1. The molecule has 45 heavy (non-hydrogen) atoms. The van der Waals surface area contributed by atoms with Gasteiger partial charge in [0, 0.05) is 10.8 Å². The van der Waals surface area contributed by atoms with Crippen molar-refractivity contribution in [2.75, 3.05) is 13.2 Å². The lowest BCUT2D eigenvalue weighted by atomic mass is 9.53. The first-order valence-electron chi connectivity index (χ1n) is 18.7. The van der Waals surface area contributed by atoms with Crippen molar-refractivity contribution in [1.29, 1.82) is 0 Å². The summed E-state index contributed by atoms with van der Waals surface area (Å²) in [5, 5.41) is 0. The summed E-state index contributed by atoms with van der Waals surface area (Å²) in [5.74, 6) is -0.387. The zero-order valence-corrected chi connectivity index (χ0v) is 28.0. The molecule has 0 bridgehead atoms. The average Bonchev–Trinajstić information content (AvgIpc) is 3.04. The van der Waals surface area contributed by atoms with Gasteiger partial charge in [0.2, 0.25) is 0 Å². The lowest BCUT2D eigenvalue weighted by Gasteiger charge is -2.53. The van der Waals surface area contributed by atoms with E-state index in [1.807, 2.05) is 0 Å². The Kier molecular flexibility index (Phi) is 10.2. The van der Waals surface area contributed by atoms with E-state index < -0.39 is 45.7 Å². The Balaban J connectivity index is 1.09. The summed E-state index contributed by atoms with van der Waals surface area (Å²) in [6.07, 6.45) is 27.2. The molecule has 5 heteroatoms. The maximum absolute atomic E-state index is 16.9. The van der Waals surface area contributed by atoms with Crippen LogP contribution in [0.15, 0.2) is 48.1 Å². The van der Waals surface area contributed by atoms with Gasteiger partial charge in [-0.25, -0.2) is 17.6 Å². The molecule has 6 rings (SSSR count). The molecule has 4 fully saturated rings. The third kappa shape index (κ3) is 6.43. The topological polar surface area (TPSA) is 9.23 Å². The molecule has 0 spiro atoms. The third-order valence-electron chi connectivity index (χ3n) is 13.8. The highest BCUT2D eigenvalue weighted by atomic mass is 19.2. The molecule has 0 aromatic rings. The van der Waals surface area contributed by atoms with Crippen molar-refractivity contribution in [1.82, 2.24) is 0 Å². The van der Waals surface area contributed by atoms with E-state index in [0.29, 0.717) is 11.8 Å². The fourth-order valence-electron chi connectivity index (χ4n) is 10.8. The van der Waals surface area contributed by atoms with Crippen LogP contribution in [0.2, 0.25) is 0 Å². The average molecular weight is 631 g/mol. The second-order valence-electron chi connectivity index (χ2n) is 16.4. The molecule has 0 unspecified atom stereocenters. The van der Waals surface area contributed by atoms with Gasteiger partial charge in [-0.1, -0.05) is 90.2 Å². The summed E-state index contributed by atoms with van der Waals surface area (Å²) in [5.41, 5.74) is -4.63. The Bertz CT molecular complexity index is 1040. The first-order chi connectivity index (χ1) is 21.6. The normalized spacial score (nSPS) is 41.7. The predicted molar refractivity (Wildman–Crippen MR) is 175 cm³/mol. The van der Waals surface area contributed by atoms with Crippen molar-refractivity contribution in [2.24, 2.45) is 46.3 Å². The molecule has 4 saturated carbocycles. The zero-order valence-electron chi connectivity index (χ0n) is 28.0. The number of hydrogen-bond donors (Lipinski definition) is 0. The van der Waals surface area contributed by atoms with E-state index in [9.17, 15) is 0 Å². The highest BCUT2D eigenvalue weighted by molar-refractivity contribution is 5.33. The monoisotopic (exact) mass is 630 g/mol. The summed E-state index contributed by atoms with van der Waals surface area (Å²) in [6.45, 7) is 4.60. The van der Waals surface area contributed by atoms with Gasteiger partial charge in [-0.15, -0.1) is 0 Å². The van der Waals surface area contributed by atoms with E-state index in [-0.39, 0.29) is 25.0 Å². The number of halogens is 4. The van der Waals surface area contributed by atoms with Crippen LogP contribution in [0.3, 0.4) is 0 Å². The van der Waals surface area contributed by atoms with Crippen molar-refractivity contribution in [3.63, 3.8) is 0 Å². The standard InChI is InChI=1S/C40H58F4O/c1-29-9-13-33(14-10-29)37(19-5-3-6-20-37)39(43)23-17-31(35(41)25-39)27-45-28-32-18-24-40(44,26-36(32)42)38(21-7-4-8-22-38)34-15-11-30(2)12-16-34/h17-18,23-26,29-34H,3-16,19-22,27-28H2,1-2H3/t29-,30-,31-,32-,33-,34-,39+,40+/m0/s1. The van der Waals surface area contributed by atoms with Crippen LogP contribution in [0.1, 0.15) is 129 Å². The lowest BCUT2D eigenvalue weighted by molar-refractivity contribution is -0.0433. The Morgan fingerprint density at radius 1 is 0.578 bits per heavy atom. The van der Waals surface area contributed by atoms with Crippen LogP contribution < -0.4 is 0 Å². The van der Waals surface area contributed by atoms with E-state index >= 15 is 17.6 Å². The van der Waals surface area contributed by atoms with Crippen molar-refractivity contribution in [2.45, 2.75) is 141 Å². The Hall–Kier alpha value is -1.36. The van der Waals surface area contributed by atoms with Gasteiger partial charge in [0.1, 0.15) is 11.7 Å². The molecule has 0 saturated heterocycles. The smallest absolute Gasteiger partial charge is 0.155 e. The molecule has 0 radical (unpaired) electrons. The predicted octanol–water partition coefficient (Wildman–Crippen LogP) is 12.1. The molecular weight excluding hydrogens is 572 g/mol. The van der Waals surface area contributed by atoms with Gasteiger partial charge in [0.15, 0.2) is 11.3 Å². The minimum Gasteiger partial charge on any atom is -0.379 e. The largest absolute Gasteiger partial charge is 0.379 e. The molecule has 0 amide bonds. The quantitative estimate of drug-likeness (QED) is 0.191. The van der Waals surface area contributed by atoms with Crippen molar-refractivity contribution >= 4 is 0 Å². The van der Waals surface area contributed by atoms with Gasteiger partial charge >= 0.3 is 0 Å². The summed E-state index contributed by atoms with van der Waals surface area (Å²) in [4.78, 5) is 0. The number of rotatable bonds is 8. The summed E-state index contributed by atoms with van der Waals surface area (Å²) in [6, 6.07) is 0. The maximum atomic E-state index is 16.9. The molecule has 0 aliphatic heterocycles. The van der Waals surface area contributed by atoms with Gasteiger partial charge < -0.3 is 4.74 Å². The number of allylic oxidation sites excluding steroid dienone is 4. The van der Waals surface area contributed by atoms with Crippen LogP contribution in [0.4, 0.5) is 17.6 Å². The Morgan fingerprint density at radius 2 is 0.933 bits per heavy atom. The molecule has 6 aliphatic carbocycles. The van der Waals surface area contributed by atoms with Gasteiger partial charge in [-0.3, -0.25) is 0 Å². The molecule has 0 N–H and O–H groups in total.